The van der Waals surface area contributed by atoms with E-state index >= 15 is 0 Å². The number of piperidine rings is 1. The van der Waals surface area contributed by atoms with Crippen molar-refractivity contribution in [3.63, 3.8) is 0 Å². The number of rotatable bonds is 7. The first-order valence-corrected chi connectivity index (χ1v) is 10.7. The Hall–Kier alpha value is -1.64. The fourth-order valence-electron chi connectivity index (χ4n) is 5.00. The summed E-state index contributed by atoms with van der Waals surface area (Å²) in [6.07, 6.45) is 5.20. The largest absolute Gasteiger partial charge is 0.389 e. The molecule has 2 aromatic carbocycles. The average Bonchev–Trinajstić information content (AvgIpc) is 2.72. The summed E-state index contributed by atoms with van der Waals surface area (Å²) in [5, 5.41) is 16.0. The first kappa shape index (κ1) is 20.1. The molecule has 27 heavy (non-hydrogen) atoms. The molecule has 2 aromatic rings. The summed E-state index contributed by atoms with van der Waals surface area (Å²) in [4.78, 5) is 0. The summed E-state index contributed by atoms with van der Waals surface area (Å²) in [5.41, 5.74) is 1.91. The highest BCUT2D eigenvalue weighted by atomic mass is 16.3. The van der Waals surface area contributed by atoms with E-state index in [2.05, 4.69) is 86.8 Å². The molecular formula is C25H35NO. The Kier molecular flexibility index (Phi) is 6.73. The van der Waals surface area contributed by atoms with Crippen LogP contribution in [-0.2, 0) is 0 Å². The minimum absolute atomic E-state index is 0.159. The molecule has 2 N–H and O–H groups in total. The van der Waals surface area contributed by atoms with Gasteiger partial charge < -0.3 is 10.4 Å². The van der Waals surface area contributed by atoms with E-state index < -0.39 is 5.60 Å². The Labute approximate surface area is 165 Å². The van der Waals surface area contributed by atoms with Crippen LogP contribution in [0.4, 0.5) is 0 Å². The Balaban J connectivity index is 2.05. The highest BCUT2D eigenvalue weighted by molar-refractivity contribution is 5.28. The average molecular weight is 366 g/mol. The van der Waals surface area contributed by atoms with Crippen molar-refractivity contribution in [2.24, 2.45) is 11.8 Å². The predicted molar refractivity (Wildman–Crippen MR) is 114 cm³/mol. The van der Waals surface area contributed by atoms with Crippen LogP contribution in [0, 0.1) is 11.8 Å². The van der Waals surface area contributed by atoms with Gasteiger partial charge in [-0.2, -0.15) is 0 Å². The fraction of sp³-hybridized carbons (Fsp3) is 0.520. The molecule has 2 heteroatoms. The number of unbranched alkanes of at least 4 members (excludes halogenated alkanes) is 1. The Morgan fingerprint density at radius 3 is 1.93 bits per heavy atom. The van der Waals surface area contributed by atoms with Crippen LogP contribution in [0.5, 0.6) is 0 Å². The van der Waals surface area contributed by atoms with E-state index in [1.54, 1.807) is 0 Å². The smallest absolute Gasteiger partial charge is 0.0737 e. The maximum atomic E-state index is 12.1. The van der Waals surface area contributed by atoms with Crippen molar-refractivity contribution in [1.82, 2.24) is 5.32 Å². The van der Waals surface area contributed by atoms with E-state index in [0.29, 0.717) is 0 Å². The third-order valence-corrected chi connectivity index (χ3v) is 6.54. The lowest BCUT2D eigenvalue weighted by atomic mass is 9.62. The Morgan fingerprint density at radius 2 is 1.41 bits per heavy atom. The molecular weight excluding hydrogens is 330 g/mol. The molecule has 0 amide bonds. The normalized spacial score (nSPS) is 31.0. The molecule has 1 aliphatic heterocycles. The van der Waals surface area contributed by atoms with Gasteiger partial charge in [0, 0.05) is 23.9 Å². The number of hydrogen-bond donors (Lipinski definition) is 2. The molecule has 1 saturated heterocycles. The summed E-state index contributed by atoms with van der Waals surface area (Å²) in [6, 6.07) is 21.7. The second kappa shape index (κ2) is 9.03. The summed E-state index contributed by atoms with van der Waals surface area (Å²) in [6.45, 7) is 6.69. The van der Waals surface area contributed by atoms with Gasteiger partial charge in [0.2, 0.25) is 0 Å². The van der Waals surface area contributed by atoms with Gasteiger partial charge in [-0.05, 0) is 24.0 Å². The van der Waals surface area contributed by atoms with Crippen molar-refractivity contribution in [2.75, 3.05) is 0 Å². The van der Waals surface area contributed by atoms with Gasteiger partial charge in [-0.25, -0.2) is 0 Å². The second-order valence-electron chi connectivity index (χ2n) is 8.22. The summed E-state index contributed by atoms with van der Waals surface area (Å²) in [5.74, 6) is 0.398. The zero-order chi connectivity index (χ0) is 19.3. The van der Waals surface area contributed by atoms with E-state index in [1.165, 1.54) is 11.1 Å². The molecule has 1 heterocycles. The second-order valence-corrected chi connectivity index (χ2v) is 8.22. The first-order valence-electron chi connectivity index (χ1n) is 10.7. The van der Waals surface area contributed by atoms with Crippen molar-refractivity contribution < 1.29 is 5.11 Å². The highest BCUT2D eigenvalue weighted by Crippen LogP contribution is 2.50. The Morgan fingerprint density at radius 1 is 0.852 bits per heavy atom. The molecule has 0 spiro atoms. The molecule has 1 aliphatic rings. The fourth-order valence-corrected chi connectivity index (χ4v) is 5.00. The topological polar surface area (TPSA) is 32.3 Å². The van der Waals surface area contributed by atoms with Crippen LogP contribution >= 0.6 is 0 Å². The summed E-state index contributed by atoms with van der Waals surface area (Å²) >= 11 is 0. The van der Waals surface area contributed by atoms with Gasteiger partial charge >= 0.3 is 0 Å². The van der Waals surface area contributed by atoms with E-state index in [-0.39, 0.29) is 23.9 Å². The third kappa shape index (κ3) is 4.12. The van der Waals surface area contributed by atoms with Crippen LogP contribution in [0.25, 0.3) is 0 Å². The molecule has 146 valence electrons. The monoisotopic (exact) mass is 365 g/mol. The van der Waals surface area contributed by atoms with Gasteiger partial charge in [0.15, 0.2) is 0 Å². The minimum atomic E-state index is -0.654. The van der Waals surface area contributed by atoms with Crippen LogP contribution in [0.1, 0.15) is 76.1 Å². The lowest BCUT2D eigenvalue weighted by molar-refractivity contribution is -0.125. The van der Waals surface area contributed by atoms with E-state index in [4.69, 9.17) is 0 Å². The molecule has 0 saturated carbocycles. The number of benzene rings is 2. The molecule has 0 bridgehead atoms. The zero-order valence-electron chi connectivity index (χ0n) is 17.1. The molecule has 1 fully saturated rings. The molecule has 0 aromatic heterocycles. The molecule has 3 rings (SSSR count). The van der Waals surface area contributed by atoms with Gasteiger partial charge in [0.1, 0.15) is 0 Å². The quantitative estimate of drug-likeness (QED) is 0.626. The van der Waals surface area contributed by atoms with Crippen molar-refractivity contribution in [3.8, 4) is 0 Å². The minimum Gasteiger partial charge on any atom is -0.389 e. The van der Waals surface area contributed by atoms with Gasteiger partial charge in [0.05, 0.1) is 5.60 Å². The van der Waals surface area contributed by atoms with Crippen LogP contribution < -0.4 is 5.32 Å². The number of hydrogen-bond acceptors (Lipinski definition) is 2. The van der Waals surface area contributed by atoms with Crippen molar-refractivity contribution >= 4 is 0 Å². The van der Waals surface area contributed by atoms with Crippen LogP contribution in [0.15, 0.2) is 60.7 Å². The third-order valence-electron chi connectivity index (χ3n) is 6.54. The zero-order valence-corrected chi connectivity index (χ0v) is 17.1. The van der Waals surface area contributed by atoms with Gasteiger partial charge in [-0.15, -0.1) is 0 Å². The van der Waals surface area contributed by atoms with Crippen LogP contribution in [-0.4, -0.2) is 10.7 Å². The van der Waals surface area contributed by atoms with Crippen LogP contribution in [0.2, 0.25) is 0 Å². The van der Waals surface area contributed by atoms with Gasteiger partial charge in [-0.1, -0.05) is 101 Å². The first-order chi connectivity index (χ1) is 13.1. The summed E-state index contributed by atoms with van der Waals surface area (Å²) in [7, 11) is 0. The van der Waals surface area contributed by atoms with Crippen molar-refractivity contribution in [2.45, 2.75) is 70.6 Å². The maximum Gasteiger partial charge on any atom is 0.0737 e. The maximum absolute atomic E-state index is 12.1. The lowest BCUT2D eigenvalue weighted by Crippen LogP contribution is -2.58. The van der Waals surface area contributed by atoms with E-state index in [1.807, 2.05) is 0 Å². The van der Waals surface area contributed by atoms with Crippen molar-refractivity contribution in [3.05, 3.63) is 71.8 Å². The molecule has 2 nitrogen and oxygen atoms in total. The van der Waals surface area contributed by atoms with Gasteiger partial charge in [0.25, 0.3) is 0 Å². The van der Waals surface area contributed by atoms with E-state index in [9.17, 15) is 5.11 Å². The predicted octanol–water partition coefficient (Wildman–Crippen LogP) is 6.05. The number of nitrogens with one attached hydrogen (secondary N) is 1. The van der Waals surface area contributed by atoms with E-state index in [0.717, 1.165) is 32.1 Å². The van der Waals surface area contributed by atoms with Crippen LogP contribution in [0.3, 0.4) is 0 Å². The number of aliphatic hydroxyl groups is 1. The molecule has 0 aliphatic carbocycles. The van der Waals surface area contributed by atoms with Gasteiger partial charge in [-0.3, -0.25) is 0 Å². The Bertz CT molecular complexity index is 686. The molecule has 0 radical (unpaired) electrons. The standard InChI is InChI=1S/C25H35NO/c1-4-6-18-25(27)19(3)23(20-14-9-7-10-15-20)26-24(22(25)13-5-2)21-16-11-8-12-17-21/h7-12,14-17,19,22-24,26-27H,4-6,13,18H2,1-3H3/t19-,22+,23-,24-,25+/m1/s1. The summed E-state index contributed by atoms with van der Waals surface area (Å²) < 4.78 is 0. The molecule has 5 atom stereocenters. The molecule has 0 unspecified atom stereocenters. The highest BCUT2D eigenvalue weighted by Gasteiger charge is 2.51. The van der Waals surface area contributed by atoms with Crippen molar-refractivity contribution in [1.29, 1.82) is 0 Å². The lowest BCUT2D eigenvalue weighted by Gasteiger charge is -2.53. The SMILES string of the molecule is CCCC[C@]1(O)[C@H](C)[C@H](c2ccccc2)N[C@H](c2ccccc2)[C@@H]1CCC.